The summed E-state index contributed by atoms with van der Waals surface area (Å²) in [7, 11) is 0. The highest BCUT2D eigenvalue weighted by Crippen LogP contribution is 2.31. The van der Waals surface area contributed by atoms with Gasteiger partial charge in [0, 0.05) is 23.9 Å². The number of nitrogens with zero attached hydrogens (tertiary/aromatic N) is 1. The molecular weight excluding hydrogens is 208 g/mol. The molecular formula is C11H18N2OS. The molecule has 2 N–H and O–H groups in total. The molecule has 3 nitrogen and oxygen atoms in total. The number of ether oxygens (including phenoxy) is 1. The van der Waals surface area contributed by atoms with E-state index >= 15 is 0 Å². The molecule has 4 heteroatoms. The van der Waals surface area contributed by atoms with Gasteiger partial charge in [-0.05, 0) is 26.2 Å². The van der Waals surface area contributed by atoms with Gasteiger partial charge in [-0.1, -0.05) is 0 Å². The Labute approximate surface area is 94.7 Å². The van der Waals surface area contributed by atoms with Crippen LogP contribution in [0.4, 0.5) is 0 Å². The highest BCUT2D eigenvalue weighted by molar-refractivity contribution is 7.09. The molecule has 0 radical (unpaired) electrons. The van der Waals surface area contributed by atoms with Crippen LogP contribution < -0.4 is 5.73 Å². The zero-order chi connectivity index (χ0) is 10.7. The fourth-order valence-electron chi connectivity index (χ4n) is 2.16. The number of aromatic nitrogens is 1. The highest BCUT2D eigenvalue weighted by Gasteiger charge is 2.32. The van der Waals surface area contributed by atoms with E-state index in [1.165, 1.54) is 12.1 Å². The molecule has 1 unspecified atom stereocenters. The van der Waals surface area contributed by atoms with E-state index < -0.39 is 0 Å². The van der Waals surface area contributed by atoms with Crippen LogP contribution in [0.25, 0.3) is 0 Å². The number of thiazole rings is 1. The van der Waals surface area contributed by atoms with Crippen LogP contribution in [0.1, 0.15) is 23.5 Å². The summed E-state index contributed by atoms with van der Waals surface area (Å²) in [5.74, 6) is 0. The van der Waals surface area contributed by atoms with Gasteiger partial charge in [0.15, 0.2) is 0 Å². The SMILES string of the molecule is Cc1nc(CC2(CN)CCCOC2)cs1. The van der Waals surface area contributed by atoms with Crippen molar-refractivity contribution in [2.75, 3.05) is 19.8 Å². The van der Waals surface area contributed by atoms with Gasteiger partial charge in [-0.25, -0.2) is 4.98 Å². The van der Waals surface area contributed by atoms with Crippen LogP contribution in [0.2, 0.25) is 0 Å². The molecule has 1 aromatic heterocycles. The van der Waals surface area contributed by atoms with Crippen molar-refractivity contribution in [2.24, 2.45) is 11.1 Å². The molecule has 84 valence electrons. The maximum Gasteiger partial charge on any atom is 0.0897 e. The van der Waals surface area contributed by atoms with Gasteiger partial charge in [-0.15, -0.1) is 11.3 Å². The van der Waals surface area contributed by atoms with Gasteiger partial charge in [-0.3, -0.25) is 0 Å². The molecule has 2 heterocycles. The normalized spacial score (nSPS) is 26.8. The number of hydrogen-bond acceptors (Lipinski definition) is 4. The summed E-state index contributed by atoms with van der Waals surface area (Å²) in [6.07, 6.45) is 3.26. The van der Waals surface area contributed by atoms with Crippen LogP contribution in [0.3, 0.4) is 0 Å². The van der Waals surface area contributed by atoms with E-state index in [1.54, 1.807) is 11.3 Å². The fourth-order valence-corrected chi connectivity index (χ4v) is 2.77. The second kappa shape index (κ2) is 4.60. The average Bonchev–Trinajstić information content (AvgIpc) is 2.65. The maximum atomic E-state index is 5.89. The summed E-state index contributed by atoms with van der Waals surface area (Å²) in [4.78, 5) is 4.51. The largest absolute Gasteiger partial charge is 0.381 e. The molecule has 1 aromatic rings. The molecule has 2 rings (SSSR count). The Balaban J connectivity index is 2.06. The van der Waals surface area contributed by atoms with Gasteiger partial charge in [0.1, 0.15) is 0 Å². The molecule has 0 amide bonds. The Bertz CT molecular complexity index is 318. The summed E-state index contributed by atoms with van der Waals surface area (Å²) in [6, 6.07) is 0. The van der Waals surface area contributed by atoms with E-state index in [9.17, 15) is 0 Å². The Hall–Kier alpha value is -0.450. The Morgan fingerprint density at radius 3 is 3.07 bits per heavy atom. The molecule has 1 fully saturated rings. The minimum atomic E-state index is 0.138. The third kappa shape index (κ3) is 2.56. The molecule has 0 aliphatic carbocycles. The molecule has 0 bridgehead atoms. The molecule has 1 saturated heterocycles. The van der Waals surface area contributed by atoms with E-state index in [0.29, 0.717) is 6.54 Å². The summed E-state index contributed by atoms with van der Waals surface area (Å²) in [6.45, 7) is 4.42. The second-order valence-electron chi connectivity index (χ2n) is 4.39. The van der Waals surface area contributed by atoms with Crippen LogP contribution in [0.5, 0.6) is 0 Å². The maximum absolute atomic E-state index is 5.89. The lowest BCUT2D eigenvalue weighted by Gasteiger charge is -2.35. The van der Waals surface area contributed by atoms with E-state index in [4.69, 9.17) is 10.5 Å². The molecule has 0 spiro atoms. The fraction of sp³-hybridized carbons (Fsp3) is 0.727. The van der Waals surface area contributed by atoms with Gasteiger partial charge in [-0.2, -0.15) is 0 Å². The lowest BCUT2D eigenvalue weighted by molar-refractivity contribution is -0.00306. The topological polar surface area (TPSA) is 48.1 Å². The van der Waals surface area contributed by atoms with Crippen LogP contribution in [-0.4, -0.2) is 24.7 Å². The zero-order valence-electron chi connectivity index (χ0n) is 9.16. The zero-order valence-corrected chi connectivity index (χ0v) is 9.98. The van der Waals surface area contributed by atoms with Crippen LogP contribution in [-0.2, 0) is 11.2 Å². The van der Waals surface area contributed by atoms with Crippen molar-refractivity contribution in [3.8, 4) is 0 Å². The van der Waals surface area contributed by atoms with Crippen molar-refractivity contribution in [3.05, 3.63) is 16.1 Å². The van der Waals surface area contributed by atoms with Gasteiger partial charge >= 0.3 is 0 Å². The smallest absolute Gasteiger partial charge is 0.0897 e. The van der Waals surface area contributed by atoms with Crippen molar-refractivity contribution in [3.63, 3.8) is 0 Å². The average molecular weight is 226 g/mol. The first-order chi connectivity index (χ1) is 7.24. The number of aryl methyl sites for hydroxylation is 1. The number of hydrogen-bond donors (Lipinski definition) is 1. The van der Waals surface area contributed by atoms with Crippen molar-refractivity contribution in [2.45, 2.75) is 26.2 Å². The third-order valence-corrected chi connectivity index (χ3v) is 3.88. The summed E-state index contributed by atoms with van der Waals surface area (Å²) >= 11 is 1.71. The Kier molecular flexibility index (Phi) is 3.38. The first-order valence-corrected chi connectivity index (χ1v) is 6.31. The number of nitrogens with two attached hydrogens (primary N) is 1. The van der Waals surface area contributed by atoms with Gasteiger partial charge < -0.3 is 10.5 Å². The Morgan fingerprint density at radius 2 is 2.53 bits per heavy atom. The molecule has 1 atom stereocenters. The van der Waals surface area contributed by atoms with Gasteiger partial charge in [0.25, 0.3) is 0 Å². The van der Waals surface area contributed by atoms with E-state index in [2.05, 4.69) is 10.4 Å². The van der Waals surface area contributed by atoms with Gasteiger partial charge in [0.2, 0.25) is 0 Å². The van der Waals surface area contributed by atoms with E-state index in [-0.39, 0.29) is 5.41 Å². The summed E-state index contributed by atoms with van der Waals surface area (Å²) in [5, 5.41) is 3.27. The summed E-state index contributed by atoms with van der Waals surface area (Å²) in [5.41, 5.74) is 7.20. The first kappa shape index (κ1) is 11.0. The molecule has 1 aliphatic heterocycles. The highest BCUT2D eigenvalue weighted by atomic mass is 32.1. The minimum absolute atomic E-state index is 0.138. The lowest BCUT2D eigenvalue weighted by Crippen LogP contribution is -2.40. The minimum Gasteiger partial charge on any atom is -0.381 e. The van der Waals surface area contributed by atoms with Crippen molar-refractivity contribution >= 4 is 11.3 Å². The standard InChI is InChI=1S/C11H18N2OS/c1-9-13-10(6-15-9)5-11(7-12)3-2-4-14-8-11/h6H,2-5,7-8,12H2,1H3. The van der Waals surface area contributed by atoms with Crippen LogP contribution in [0, 0.1) is 12.3 Å². The van der Waals surface area contributed by atoms with E-state index in [1.807, 2.05) is 6.92 Å². The van der Waals surface area contributed by atoms with Crippen molar-refractivity contribution in [1.82, 2.24) is 4.98 Å². The van der Waals surface area contributed by atoms with E-state index in [0.717, 1.165) is 31.1 Å². The van der Waals surface area contributed by atoms with Crippen LogP contribution in [0.15, 0.2) is 5.38 Å². The Morgan fingerprint density at radius 1 is 1.67 bits per heavy atom. The summed E-state index contributed by atoms with van der Waals surface area (Å²) < 4.78 is 5.55. The predicted molar refractivity (Wildman–Crippen MR) is 62.1 cm³/mol. The lowest BCUT2D eigenvalue weighted by atomic mass is 9.79. The second-order valence-corrected chi connectivity index (χ2v) is 5.46. The van der Waals surface area contributed by atoms with Gasteiger partial charge in [0.05, 0.1) is 17.3 Å². The quantitative estimate of drug-likeness (QED) is 0.854. The van der Waals surface area contributed by atoms with Crippen LogP contribution >= 0.6 is 11.3 Å². The molecule has 1 aliphatic rings. The third-order valence-electron chi connectivity index (χ3n) is 3.06. The molecule has 15 heavy (non-hydrogen) atoms. The molecule has 0 aromatic carbocycles. The monoisotopic (exact) mass is 226 g/mol. The van der Waals surface area contributed by atoms with Crippen molar-refractivity contribution in [1.29, 1.82) is 0 Å². The van der Waals surface area contributed by atoms with Crippen molar-refractivity contribution < 1.29 is 4.74 Å². The predicted octanol–water partition coefficient (Wildman–Crippen LogP) is 1.75. The molecule has 0 saturated carbocycles. The first-order valence-electron chi connectivity index (χ1n) is 5.43. The number of rotatable bonds is 3.